The predicted octanol–water partition coefficient (Wildman–Crippen LogP) is 3.63. The zero-order valence-electron chi connectivity index (χ0n) is 17.5. The number of benzene rings is 2. The van der Waals surface area contributed by atoms with Crippen molar-refractivity contribution in [3.63, 3.8) is 0 Å². The molecular formula is C23H23BrN4O3. The lowest BCUT2D eigenvalue weighted by molar-refractivity contribution is -0.139. The number of nitrogens with zero attached hydrogens (tertiary/aromatic N) is 2. The fraction of sp³-hybridized carbons (Fsp3) is 0.174. The molecule has 0 radical (unpaired) electrons. The Morgan fingerprint density at radius 2 is 1.74 bits per heavy atom. The number of rotatable bonds is 6. The Morgan fingerprint density at radius 1 is 1.06 bits per heavy atom. The number of carbonyl (C=O) groups excluding carboxylic acids is 2. The van der Waals surface area contributed by atoms with Crippen LogP contribution in [0.4, 0.5) is 0 Å². The summed E-state index contributed by atoms with van der Waals surface area (Å²) in [6.07, 6.45) is 1.53. The molecule has 3 rings (SSSR count). The Hall–Kier alpha value is -3.39. The molecule has 3 aromatic rings. The lowest BCUT2D eigenvalue weighted by Crippen LogP contribution is -2.37. The van der Waals surface area contributed by atoms with Crippen LogP contribution < -0.4 is 15.5 Å². The second-order valence-corrected chi connectivity index (χ2v) is 7.78. The summed E-state index contributed by atoms with van der Waals surface area (Å²) in [5, 5.41) is 6.50. The molecular weight excluding hydrogens is 460 g/mol. The minimum absolute atomic E-state index is 0.230. The zero-order chi connectivity index (χ0) is 22.4. The second kappa shape index (κ2) is 10.1. The summed E-state index contributed by atoms with van der Waals surface area (Å²) in [6, 6.07) is 17.2. The van der Waals surface area contributed by atoms with Gasteiger partial charge in [0.15, 0.2) is 0 Å². The molecule has 0 unspecified atom stereocenters. The van der Waals surface area contributed by atoms with Gasteiger partial charge in [0, 0.05) is 33.7 Å². The third kappa shape index (κ3) is 5.61. The number of aromatic nitrogens is 1. The van der Waals surface area contributed by atoms with Crippen LogP contribution >= 0.6 is 15.9 Å². The molecule has 31 heavy (non-hydrogen) atoms. The van der Waals surface area contributed by atoms with Gasteiger partial charge in [-0.25, -0.2) is 5.43 Å². The van der Waals surface area contributed by atoms with E-state index in [4.69, 9.17) is 4.74 Å². The van der Waals surface area contributed by atoms with Crippen LogP contribution in [0, 0.1) is 13.8 Å². The lowest BCUT2D eigenvalue weighted by Gasteiger charge is -2.09. The third-order valence-electron chi connectivity index (χ3n) is 4.74. The van der Waals surface area contributed by atoms with Crippen molar-refractivity contribution in [1.29, 1.82) is 0 Å². The summed E-state index contributed by atoms with van der Waals surface area (Å²) in [4.78, 5) is 24.0. The first-order chi connectivity index (χ1) is 14.9. The van der Waals surface area contributed by atoms with E-state index in [0.29, 0.717) is 0 Å². The van der Waals surface area contributed by atoms with E-state index in [2.05, 4.69) is 36.3 Å². The van der Waals surface area contributed by atoms with Crippen LogP contribution in [0.3, 0.4) is 0 Å². The maximum Gasteiger partial charge on any atom is 0.329 e. The van der Waals surface area contributed by atoms with Crippen LogP contribution in [-0.2, 0) is 16.1 Å². The average molecular weight is 483 g/mol. The molecule has 2 amide bonds. The fourth-order valence-electron chi connectivity index (χ4n) is 3.12. The van der Waals surface area contributed by atoms with Crippen LogP contribution in [0.5, 0.6) is 5.75 Å². The van der Waals surface area contributed by atoms with Crippen molar-refractivity contribution in [2.75, 3.05) is 7.11 Å². The van der Waals surface area contributed by atoms with Crippen molar-refractivity contribution in [3.05, 3.63) is 81.6 Å². The van der Waals surface area contributed by atoms with Crippen molar-refractivity contribution in [1.82, 2.24) is 15.3 Å². The number of carbonyl (C=O) groups is 2. The summed E-state index contributed by atoms with van der Waals surface area (Å²) in [6.45, 7) is 4.20. The summed E-state index contributed by atoms with van der Waals surface area (Å²) in [5.41, 5.74) is 7.00. The Balaban J connectivity index is 1.58. The van der Waals surface area contributed by atoms with E-state index in [0.717, 1.165) is 38.4 Å². The number of hydrogen-bond donors (Lipinski definition) is 2. The second-order valence-electron chi connectivity index (χ2n) is 6.87. The third-order valence-corrected chi connectivity index (χ3v) is 5.27. The molecule has 0 aliphatic rings. The lowest BCUT2D eigenvalue weighted by atomic mass is 10.2. The zero-order valence-corrected chi connectivity index (χ0v) is 19.1. The highest BCUT2D eigenvalue weighted by atomic mass is 79.9. The number of amides is 2. The van der Waals surface area contributed by atoms with Gasteiger partial charge in [-0.1, -0.05) is 28.1 Å². The van der Waals surface area contributed by atoms with E-state index in [-0.39, 0.29) is 6.54 Å². The molecule has 1 aromatic heterocycles. The van der Waals surface area contributed by atoms with E-state index in [9.17, 15) is 9.59 Å². The van der Waals surface area contributed by atoms with Crippen LogP contribution in [0.2, 0.25) is 0 Å². The van der Waals surface area contributed by atoms with Gasteiger partial charge >= 0.3 is 11.8 Å². The molecule has 0 bridgehead atoms. The van der Waals surface area contributed by atoms with Crippen LogP contribution in [-0.4, -0.2) is 29.7 Å². The predicted molar refractivity (Wildman–Crippen MR) is 124 cm³/mol. The largest absolute Gasteiger partial charge is 0.497 e. The molecule has 2 aromatic carbocycles. The van der Waals surface area contributed by atoms with E-state index in [1.807, 2.05) is 56.3 Å². The van der Waals surface area contributed by atoms with E-state index >= 15 is 0 Å². The molecule has 0 spiro atoms. The number of nitrogens with one attached hydrogen (secondary N) is 2. The number of methoxy groups -OCH3 is 1. The van der Waals surface area contributed by atoms with Crippen LogP contribution in [0.15, 0.2) is 64.2 Å². The Labute approximate surface area is 189 Å². The topological polar surface area (TPSA) is 84.7 Å². The minimum Gasteiger partial charge on any atom is -0.497 e. The quantitative estimate of drug-likeness (QED) is 0.319. The van der Waals surface area contributed by atoms with E-state index in [1.165, 1.54) is 6.21 Å². The van der Waals surface area contributed by atoms with Gasteiger partial charge < -0.3 is 14.6 Å². The number of ether oxygens (including phenoxy) is 1. The van der Waals surface area contributed by atoms with Crippen molar-refractivity contribution in [2.45, 2.75) is 20.4 Å². The van der Waals surface area contributed by atoms with Gasteiger partial charge in [-0.15, -0.1) is 0 Å². The first kappa shape index (κ1) is 22.3. The van der Waals surface area contributed by atoms with E-state index < -0.39 is 11.8 Å². The molecule has 0 fully saturated rings. The van der Waals surface area contributed by atoms with Gasteiger partial charge in [-0.3, -0.25) is 9.59 Å². The average Bonchev–Trinajstić information content (AvgIpc) is 3.06. The molecule has 1 heterocycles. The molecule has 0 atom stereocenters. The number of halogens is 1. The highest BCUT2D eigenvalue weighted by Crippen LogP contribution is 2.21. The summed E-state index contributed by atoms with van der Waals surface area (Å²) in [7, 11) is 1.58. The van der Waals surface area contributed by atoms with Crippen LogP contribution in [0.1, 0.15) is 22.5 Å². The molecule has 7 nitrogen and oxygen atoms in total. The molecule has 8 heteroatoms. The molecule has 0 saturated heterocycles. The highest BCUT2D eigenvalue weighted by Gasteiger charge is 2.13. The first-order valence-corrected chi connectivity index (χ1v) is 10.4. The van der Waals surface area contributed by atoms with Gasteiger partial charge in [-0.2, -0.15) is 5.10 Å². The van der Waals surface area contributed by atoms with Crippen molar-refractivity contribution in [2.24, 2.45) is 5.10 Å². The van der Waals surface area contributed by atoms with Gasteiger partial charge in [0.2, 0.25) is 0 Å². The molecule has 0 aliphatic carbocycles. The smallest absolute Gasteiger partial charge is 0.329 e. The Bertz CT molecular complexity index is 1100. The number of hydrazone groups is 1. The SMILES string of the molecule is COc1ccc(CNC(=O)C(=O)N/N=C\c2cc(C)n(-c3ccc(Br)cc3)c2C)cc1. The van der Waals surface area contributed by atoms with Crippen molar-refractivity contribution < 1.29 is 14.3 Å². The highest BCUT2D eigenvalue weighted by molar-refractivity contribution is 9.10. The van der Waals surface area contributed by atoms with Gasteiger partial charge in [0.05, 0.1) is 13.3 Å². The minimum atomic E-state index is -0.827. The Morgan fingerprint density at radius 3 is 2.39 bits per heavy atom. The molecule has 2 N–H and O–H groups in total. The fourth-order valence-corrected chi connectivity index (χ4v) is 3.39. The van der Waals surface area contributed by atoms with E-state index in [1.54, 1.807) is 19.2 Å². The maximum atomic E-state index is 12.0. The maximum absolute atomic E-state index is 12.0. The molecule has 160 valence electrons. The molecule has 0 aliphatic heterocycles. The normalized spacial score (nSPS) is 10.8. The van der Waals surface area contributed by atoms with Gasteiger partial charge in [-0.05, 0) is 61.9 Å². The monoisotopic (exact) mass is 482 g/mol. The number of hydrogen-bond acceptors (Lipinski definition) is 4. The summed E-state index contributed by atoms with van der Waals surface area (Å²) < 4.78 is 8.19. The summed E-state index contributed by atoms with van der Waals surface area (Å²) >= 11 is 3.44. The standard InChI is InChI=1S/C23H23BrN4O3/c1-15-12-18(16(2)28(15)20-8-6-19(24)7-9-20)14-26-27-23(30)22(29)25-13-17-4-10-21(31-3)11-5-17/h4-12,14H,13H2,1-3H3,(H,25,29)(H,27,30)/b26-14-. The van der Waals surface area contributed by atoms with Gasteiger partial charge in [0.25, 0.3) is 0 Å². The summed E-state index contributed by atoms with van der Waals surface area (Å²) in [5.74, 6) is -0.860. The first-order valence-electron chi connectivity index (χ1n) is 9.58. The molecule has 0 saturated carbocycles. The number of aryl methyl sites for hydroxylation is 1. The Kier molecular flexibility index (Phi) is 7.25. The van der Waals surface area contributed by atoms with Crippen molar-refractivity contribution >= 4 is 34.0 Å². The van der Waals surface area contributed by atoms with Crippen molar-refractivity contribution in [3.8, 4) is 11.4 Å². The van der Waals surface area contributed by atoms with Crippen LogP contribution in [0.25, 0.3) is 5.69 Å². The van der Waals surface area contributed by atoms with Gasteiger partial charge in [0.1, 0.15) is 5.75 Å².